The van der Waals surface area contributed by atoms with Crippen molar-refractivity contribution in [3.8, 4) is 11.5 Å². The smallest absolute Gasteiger partial charge is 0.191 e. The number of aromatic hydroxyl groups is 1. The van der Waals surface area contributed by atoms with E-state index in [2.05, 4.69) is 24.5 Å². The number of thioether (sulfide) groups is 1. The van der Waals surface area contributed by atoms with Crippen LogP contribution < -0.4 is 15.4 Å². The van der Waals surface area contributed by atoms with Gasteiger partial charge in [0.1, 0.15) is 11.5 Å². The predicted octanol–water partition coefficient (Wildman–Crippen LogP) is 3.40. The van der Waals surface area contributed by atoms with Gasteiger partial charge in [0.2, 0.25) is 0 Å². The molecule has 3 N–H and O–H groups in total. The van der Waals surface area contributed by atoms with Gasteiger partial charge in [-0.2, -0.15) is 11.8 Å². The van der Waals surface area contributed by atoms with Crippen molar-refractivity contribution >= 4 is 41.7 Å². The Morgan fingerprint density at radius 3 is 2.80 bits per heavy atom. The molecule has 1 aromatic carbocycles. The number of benzene rings is 1. The van der Waals surface area contributed by atoms with Gasteiger partial charge in [0.25, 0.3) is 0 Å². The van der Waals surface area contributed by atoms with E-state index in [1.807, 2.05) is 23.9 Å². The number of phenols is 1. The summed E-state index contributed by atoms with van der Waals surface area (Å²) in [6.45, 7) is 6.76. The van der Waals surface area contributed by atoms with E-state index in [1.165, 1.54) is 18.6 Å². The Morgan fingerprint density at radius 1 is 1.40 bits per heavy atom. The molecular formula is C18H30IN3O2S. The molecule has 1 fully saturated rings. The van der Waals surface area contributed by atoms with Crippen LogP contribution in [0.15, 0.2) is 23.2 Å². The lowest BCUT2D eigenvalue weighted by atomic mass is 10.1. The quantitative estimate of drug-likeness (QED) is 0.318. The highest BCUT2D eigenvalue weighted by atomic mass is 127. The molecule has 1 aromatic rings. The zero-order valence-corrected chi connectivity index (χ0v) is 18.4. The minimum Gasteiger partial charge on any atom is -0.508 e. The highest BCUT2D eigenvalue weighted by molar-refractivity contribution is 14.0. The molecule has 1 heterocycles. The van der Waals surface area contributed by atoms with E-state index in [0.29, 0.717) is 5.75 Å². The number of nitrogens with zero attached hydrogens (tertiary/aromatic N) is 1. The number of nitrogens with one attached hydrogen (secondary N) is 2. The lowest BCUT2D eigenvalue weighted by Crippen LogP contribution is -2.39. The molecule has 1 unspecified atom stereocenters. The zero-order valence-electron chi connectivity index (χ0n) is 15.3. The summed E-state index contributed by atoms with van der Waals surface area (Å²) < 4.78 is 5.38. The number of methoxy groups -OCH3 is 1. The summed E-state index contributed by atoms with van der Waals surface area (Å²) in [6.07, 6.45) is 3.25. The monoisotopic (exact) mass is 479 g/mol. The van der Waals surface area contributed by atoms with Crippen LogP contribution in [-0.2, 0) is 6.42 Å². The molecule has 0 radical (unpaired) electrons. The number of rotatable bonds is 7. The topological polar surface area (TPSA) is 65.9 Å². The van der Waals surface area contributed by atoms with Crippen LogP contribution in [0.3, 0.4) is 0 Å². The van der Waals surface area contributed by atoms with Gasteiger partial charge in [0.05, 0.1) is 13.7 Å². The van der Waals surface area contributed by atoms with Crippen LogP contribution in [0.25, 0.3) is 0 Å². The zero-order chi connectivity index (χ0) is 17.4. The van der Waals surface area contributed by atoms with Gasteiger partial charge >= 0.3 is 0 Å². The number of halogens is 1. The van der Waals surface area contributed by atoms with E-state index in [4.69, 9.17) is 9.73 Å². The van der Waals surface area contributed by atoms with Gasteiger partial charge in [0, 0.05) is 23.9 Å². The van der Waals surface area contributed by atoms with Crippen molar-refractivity contribution in [1.82, 2.24) is 10.6 Å². The molecule has 1 saturated heterocycles. The summed E-state index contributed by atoms with van der Waals surface area (Å²) in [5.41, 5.74) is 0.900. The fourth-order valence-electron chi connectivity index (χ4n) is 2.75. The first-order valence-electron chi connectivity index (χ1n) is 8.58. The van der Waals surface area contributed by atoms with Gasteiger partial charge < -0.3 is 20.5 Å². The van der Waals surface area contributed by atoms with Crippen molar-refractivity contribution in [1.29, 1.82) is 0 Å². The van der Waals surface area contributed by atoms with Crippen molar-refractivity contribution in [3.63, 3.8) is 0 Å². The number of guanidine groups is 1. The second-order valence-corrected chi connectivity index (χ2v) is 7.95. The third kappa shape index (κ3) is 7.13. The SMILES string of the molecule is CCNC(=NCC1(C)CCCS1)NCCc1ccc(OC)cc1O.I. The fourth-order valence-corrected chi connectivity index (χ4v) is 3.97. The van der Waals surface area contributed by atoms with Crippen LogP contribution in [0.4, 0.5) is 0 Å². The second kappa shape index (κ2) is 11.0. The maximum absolute atomic E-state index is 10.0. The predicted molar refractivity (Wildman–Crippen MR) is 118 cm³/mol. The Balaban J connectivity index is 0.00000312. The molecule has 7 heteroatoms. The van der Waals surface area contributed by atoms with Crippen molar-refractivity contribution in [3.05, 3.63) is 23.8 Å². The van der Waals surface area contributed by atoms with Gasteiger partial charge in [0.15, 0.2) is 5.96 Å². The summed E-state index contributed by atoms with van der Waals surface area (Å²) >= 11 is 2.02. The van der Waals surface area contributed by atoms with Crippen LogP contribution in [0.5, 0.6) is 11.5 Å². The molecule has 1 atom stereocenters. The molecule has 0 amide bonds. The van der Waals surface area contributed by atoms with Crippen molar-refractivity contribution in [2.75, 3.05) is 32.5 Å². The first-order chi connectivity index (χ1) is 11.6. The summed E-state index contributed by atoms with van der Waals surface area (Å²) in [6, 6.07) is 5.41. The first kappa shape index (κ1) is 22.2. The lowest BCUT2D eigenvalue weighted by Gasteiger charge is -2.21. The van der Waals surface area contributed by atoms with Crippen LogP contribution in [0.2, 0.25) is 0 Å². The summed E-state index contributed by atoms with van der Waals surface area (Å²) in [4.78, 5) is 4.74. The van der Waals surface area contributed by atoms with Crippen molar-refractivity contribution < 1.29 is 9.84 Å². The first-order valence-corrected chi connectivity index (χ1v) is 9.57. The fraction of sp³-hybridized carbons (Fsp3) is 0.611. The van der Waals surface area contributed by atoms with Crippen molar-refractivity contribution in [2.45, 2.75) is 37.9 Å². The Morgan fingerprint density at radius 2 is 2.20 bits per heavy atom. The molecule has 0 bridgehead atoms. The van der Waals surface area contributed by atoms with E-state index in [0.717, 1.165) is 37.6 Å². The summed E-state index contributed by atoms with van der Waals surface area (Å²) in [7, 11) is 1.60. The molecule has 0 aliphatic carbocycles. The van der Waals surface area contributed by atoms with E-state index in [1.54, 1.807) is 13.2 Å². The highest BCUT2D eigenvalue weighted by Gasteiger charge is 2.29. The Kier molecular flexibility index (Phi) is 9.78. The summed E-state index contributed by atoms with van der Waals surface area (Å²) in [5, 5.41) is 16.7. The number of hydrogen-bond donors (Lipinski definition) is 3. The average molecular weight is 479 g/mol. The van der Waals surface area contributed by atoms with E-state index in [-0.39, 0.29) is 34.5 Å². The summed E-state index contributed by atoms with van der Waals surface area (Å²) in [5.74, 6) is 3.03. The lowest BCUT2D eigenvalue weighted by molar-refractivity contribution is 0.406. The van der Waals surface area contributed by atoms with Gasteiger partial charge in [-0.1, -0.05) is 6.07 Å². The Bertz CT molecular complexity index is 563. The third-order valence-electron chi connectivity index (χ3n) is 4.20. The van der Waals surface area contributed by atoms with Crippen LogP contribution in [-0.4, -0.2) is 48.3 Å². The van der Waals surface area contributed by atoms with Gasteiger partial charge in [-0.15, -0.1) is 24.0 Å². The molecule has 0 aromatic heterocycles. The average Bonchev–Trinajstić information content (AvgIpc) is 3.01. The van der Waals surface area contributed by atoms with Gasteiger partial charge in [-0.05, 0) is 50.5 Å². The number of ether oxygens (including phenoxy) is 1. The molecule has 25 heavy (non-hydrogen) atoms. The van der Waals surface area contributed by atoms with E-state index in [9.17, 15) is 5.11 Å². The molecule has 1 aliphatic rings. The standard InChI is InChI=1S/C18H29N3O2S.HI/c1-4-19-17(21-13-18(2)9-5-11-24-18)20-10-8-14-6-7-15(23-3)12-16(14)22;/h6-7,12,22H,4-5,8-11,13H2,1-3H3,(H2,19,20,21);1H. The molecular weight excluding hydrogens is 449 g/mol. The van der Waals surface area contributed by atoms with E-state index < -0.39 is 0 Å². The molecule has 142 valence electrons. The van der Waals surface area contributed by atoms with Crippen molar-refractivity contribution in [2.24, 2.45) is 4.99 Å². The number of phenolic OH excluding ortho intramolecular Hbond substituents is 1. The largest absolute Gasteiger partial charge is 0.508 e. The molecule has 5 nitrogen and oxygen atoms in total. The van der Waals surface area contributed by atoms with E-state index >= 15 is 0 Å². The van der Waals surface area contributed by atoms with Crippen LogP contribution >= 0.6 is 35.7 Å². The highest BCUT2D eigenvalue weighted by Crippen LogP contribution is 2.37. The minimum atomic E-state index is 0. The number of hydrogen-bond acceptors (Lipinski definition) is 4. The molecule has 1 aliphatic heterocycles. The Hall–Kier alpha value is -0.830. The number of aliphatic imine (C=N–C) groups is 1. The molecule has 2 rings (SSSR count). The minimum absolute atomic E-state index is 0. The second-order valence-electron chi connectivity index (χ2n) is 6.27. The third-order valence-corrected chi connectivity index (χ3v) is 5.72. The molecule has 0 spiro atoms. The normalized spacial score (nSPS) is 20.0. The maximum Gasteiger partial charge on any atom is 0.191 e. The molecule has 0 saturated carbocycles. The Labute approximate surface area is 172 Å². The maximum atomic E-state index is 10.0. The van der Waals surface area contributed by atoms with Gasteiger partial charge in [-0.25, -0.2) is 0 Å². The van der Waals surface area contributed by atoms with Crippen LogP contribution in [0, 0.1) is 0 Å². The van der Waals surface area contributed by atoms with Crippen LogP contribution in [0.1, 0.15) is 32.3 Å². The van der Waals surface area contributed by atoms with Gasteiger partial charge in [-0.3, -0.25) is 4.99 Å².